The van der Waals surface area contributed by atoms with Crippen LogP contribution in [0, 0.1) is 0 Å². The molecule has 3 nitrogen and oxygen atoms in total. The second-order valence-corrected chi connectivity index (χ2v) is 16.1. The Balaban J connectivity index is 4.24. The lowest BCUT2D eigenvalue weighted by atomic mass is 10.0. The van der Waals surface area contributed by atoms with E-state index in [4.69, 9.17) is 0 Å². The van der Waals surface area contributed by atoms with Crippen molar-refractivity contribution in [3.63, 3.8) is 0 Å². The maximum absolute atomic E-state index is 13.3. The van der Waals surface area contributed by atoms with Crippen LogP contribution in [0.2, 0.25) is 0 Å². The Bertz CT molecular complexity index is 725. The van der Waals surface area contributed by atoms with Crippen molar-refractivity contribution in [2.75, 3.05) is 33.2 Å². The number of hydrogen-bond acceptors (Lipinski definition) is 1. The van der Waals surface area contributed by atoms with Crippen molar-refractivity contribution in [2.45, 2.75) is 238 Å². The van der Waals surface area contributed by atoms with Crippen molar-refractivity contribution < 1.29 is 31.2 Å². The molecule has 8 heteroatoms. The summed E-state index contributed by atoms with van der Waals surface area (Å²) in [6.07, 6.45) is 36.7. The van der Waals surface area contributed by atoms with Crippen molar-refractivity contribution in [3.05, 3.63) is 0 Å². The molecule has 0 aromatic carbocycles. The molecule has 0 rings (SSSR count). The molecule has 0 fully saturated rings. The Hall–Kier alpha value is -0.920. The molecule has 0 aromatic rings. The molecular formula is C43H84F5N2O+. The number of carbonyl (C=O) groups excluding carboxylic acids is 1. The van der Waals surface area contributed by atoms with E-state index in [1.807, 2.05) is 5.32 Å². The number of amides is 1. The van der Waals surface area contributed by atoms with Gasteiger partial charge in [-0.2, -0.15) is 22.0 Å². The van der Waals surface area contributed by atoms with Gasteiger partial charge in [0.1, 0.15) is 0 Å². The Kier molecular flexibility index (Phi) is 33.0. The standard InChI is InChI=1S/C43H83F5N2O/c1-4-6-8-10-12-14-16-18-20-22-24-26-28-30-32-34-38-50(3,40-36-37-49-41(51)42(44,45)43(46,47)48)39-35-33-31-29-27-25-23-21-19-17-15-13-11-9-7-5-2/h4-40H2,1-3H3/p+1. The van der Waals surface area contributed by atoms with E-state index in [-0.39, 0.29) is 6.54 Å². The number of carbonyl (C=O) groups is 1. The fourth-order valence-electron chi connectivity index (χ4n) is 7.32. The molecule has 0 radical (unpaired) electrons. The molecule has 0 aromatic heterocycles. The molecule has 0 saturated carbocycles. The van der Waals surface area contributed by atoms with Crippen LogP contribution in [-0.2, 0) is 4.79 Å². The molecular weight excluding hydrogens is 655 g/mol. The van der Waals surface area contributed by atoms with Gasteiger partial charge in [0.15, 0.2) is 0 Å². The predicted octanol–water partition coefficient (Wildman–Crippen LogP) is 14.7. The van der Waals surface area contributed by atoms with Crippen LogP contribution in [-0.4, -0.2) is 55.7 Å². The van der Waals surface area contributed by atoms with Gasteiger partial charge in [0.2, 0.25) is 0 Å². The summed E-state index contributed by atoms with van der Waals surface area (Å²) < 4.78 is 65.1. The monoisotopic (exact) mass is 740 g/mol. The highest BCUT2D eigenvalue weighted by Crippen LogP contribution is 2.35. The van der Waals surface area contributed by atoms with Gasteiger partial charge in [-0.25, -0.2) is 0 Å². The highest BCUT2D eigenvalue weighted by molar-refractivity contribution is 5.84. The number of rotatable bonds is 39. The Morgan fingerprint density at radius 2 is 0.647 bits per heavy atom. The van der Waals surface area contributed by atoms with E-state index in [0.29, 0.717) is 13.0 Å². The van der Waals surface area contributed by atoms with E-state index < -0.39 is 18.0 Å². The summed E-state index contributed by atoms with van der Waals surface area (Å²) in [6, 6.07) is 0. The van der Waals surface area contributed by atoms with Crippen molar-refractivity contribution in [1.82, 2.24) is 5.32 Å². The van der Waals surface area contributed by atoms with Gasteiger partial charge in [-0.3, -0.25) is 4.79 Å². The smallest absolute Gasteiger partial charge is 0.350 e. The third kappa shape index (κ3) is 30.1. The summed E-state index contributed by atoms with van der Waals surface area (Å²) in [7, 11) is 2.18. The zero-order chi connectivity index (χ0) is 37.9. The molecule has 51 heavy (non-hydrogen) atoms. The summed E-state index contributed by atoms with van der Waals surface area (Å²) in [6.45, 7) is 6.97. The number of halogens is 5. The molecule has 0 bridgehead atoms. The molecule has 306 valence electrons. The van der Waals surface area contributed by atoms with Gasteiger partial charge in [-0.1, -0.05) is 194 Å². The van der Waals surface area contributed by atoms with E-state index in [0.717, 1.165) is 30.4 Å². The lowest BCUT2D eigenvalue weighted by Crippen LogP contribution is -2.51. The summed E-state index contributed by atoms with van der Waals surface area (Å²) in [4.78, 5) is 11.5. The largest absolute Gasteiger partial charge is 0.463 e. The minimum Gasteiger partial charge on any atom is -0.350 e. The number of quaternary nitrogens is 1. The van der Waals surface area contributed by atoms with Crippen LogP contribution in [0.25, 0.3) is 0 Å². The molecule has 0 spiro atoms. The fraction of sp³-hybridized carbons (Fsp3) is 0.977. The van der Waals surface area contributed by atoms with Gasteiger partial charge < -0.3 is 9.80 Å². The van der Waals surface area contributed by atoms with E-state index in [1.165, 1.54) is 193 Å². The van der Waals surface area contributed by atoms with Crippen molar-refractivity contribution in [1.29, 1.82) is 0 Å². The van der Waals surface area contributed by atoms with Gasteiger partial charge in [-0.05, 0) is 25.7 Å². The molecule has 0 heterocycles. The SMILES string of the molecule is CCCCCCCCCCCCCCCCCC[N+](C)(CCCCCCCCCCCCCCCCCC)CCCNC(=O)C(F)(F)C(F)(F)F. The molecule has 0 aliphatic rings. The van der Waals surface area contributed by atoms with Crippen LogP contribution >= 0.6 is 0 Å². The van der Waals surface area contributed by atoms with Gasteiger partial charge in [-0.15, -0.1) is 0 Å². The van der Waals surface area contributed by atoms with Crippen molar-refractivity contribution >= 4 is 5.91 Å². The Morgan fingerprint density at radius 1 is 0.412 bits per heavy atom. The highest BCUT2D eigenvalue weighted by Gasteiger charge is 2.63. The summed E-state index contributed by atoms with van der Waals surface area (Å²) in [5.41, 5.74) is 0. The Labute approximate surface area is 313 Å². The minimum atomic E-state index is -5.87. The van der Waals surface area contributed by atoms with E-state index >= 15 is 0 Å². The van der Waals surface area contributed by atoms with Gasteiger partial charge in [0.05, 0.1) is 26.7 Å². The highest BCUT2D eigenvalue weighted by atomic mass is 19.4. The number of nitrogens with zero attached hydrogens (tertiary/aromatic N) is 1. The van der Waals surface area contributed by atoms with Crippen LogP contribution in [0.4, 0.5) is 22.0 Å². The average molecular weight is 740 g/mol. The first-order valence-electron chi connectivity index (χ1n) is 22.1. The topological polar surface area (TPSA) is 29.1 Å². The molecule has 0 aliphatic carbocycles. The summed E-state index contributed by atoms with van der Waals surface area (Å²) >= 11 is 0. The molecule has 0 saturated heterocycles. The van der Waals surface area contributed by atoms with Gasteiger partial charge >= 0.3 is 12.1 Å². The fourth-order valence-corrected chi connectivity index (χ4v) is 7.32. The summed E-state index contributed by atoms with van der Waals surface area (Å²) in [5, 5.41) is 1.83. The van der Waals surface area contributed by atoms with Crippen LogP contribution in [0.15, 0.2) is 0 Å². The predicted molar refractivity (Wildman–Crippen MR) is 209 cm³/mol. The number of nitrogens with one attached hydrogen (secondary N) is 1. The molecule has 1 N–H and O–H groups in total. The second-order valence-electron chi connectivity index (χ2n) is 16.1. The van der Waals surface area contributed by atoms with Crippen molar-refractivity contribution in [3.8, 4) is 0 Å². The van der Waals surface area contributed by atoms with E-state index in [1.54, 1.807) is 0 Å². The third-order valence-electron chi connectivity index (χ3n) is 10.9. The zero-order valence-corrected chi connectivity index (χ0v) is 33.9. The molecule has 1 amide bonds. The minimum absolute atomic E-state index is 0.170. The van der Waals surface area contributed by atoms with E-state index in [2.05, 4.69) is 20.9 Å². The third-order valence-corrected chi connectivity index (χ3v) is 10.9. The maximum Gasteiger partial charge on any atom is 0.463 e. The average Bonchev–Trinajstić information content (AvgIpc) is 3.09. The number of unbranched alkanes of at least 4 members (excludes halogenated alkanes) is 30. The van der Waals surface area contributed by atoms with E-state index in [9.17, 15) is 26.7 Å². The first-order chi connectivity index (χ1) is 24.5. The maximum atomic E-state index is 13.3. The second kappa shape index (κ2) is 33.6. The lowest BCUT2D eigenvalue weighted by Gasteiger charge is -2.35. The summed E-state index contributed by atoms with van der Waals surface area (Å²) in [5.74, 6) is -7.61. The first kappa shape index (κ1) is 50.1. The molecule has 0 atom stereocenters. The van der Waals surface area contributed by atoms with Gasteiger partial charge in [0, 0.05) is 13.0 Å². The molecule has 0 aliphatic heterocycles. The van der Waals surface area contributed by atoms with Crippen LogP contribution in [0.5, 0.6) is 0 Å². The zero-order valence-electron chi connectivity index (χ0n) is 33.9. The quantitative estimate of drug-likeness (QED) is 0.0380. The van der Waals surface area contributed by atoms with Crippen LogP contribution < -0.4 is 5.32 Å². The number of alkyl halides is 5. The van der Waals surface area contributed by atoms with Crippen molar-refractivity contribution in [2.24, 2.45) is 0 Å². The Morgan fingerprint density at radius 3 is 0.902 bits per heavy atom. The number of hydrogen-bond donors (Lipinski definition) is 1. The lowest BCUT2D eigenvalue weighted by molar-refractivity contribution is -0.910. The van der Waals surface area contributed by atoms with Crippen LogP contribution in [0.3, 0.4) is 0 Å². The molecule has 0 unspecified atom stereocenters. The normalized spacial score (nSPS) is 12.5. The van der Waals surface area contributed by atoms with Gasteiger partial charge in [0.25, 0.3) is 5.91 Å². The van der Waals surface area contributed by atoms with Crippen LogP contribution in [0.1, 0.15) is 226 Å². The first-order valence-corrected chi connectivity index (χ1v) is 22.1.